The molecule has 3 rings (SSSR count). The number of carbonyl (C=O) groups is 1. The SMILES string of the molecule is O=C(NCc1cccnc1)c1cc(F)cc(-c2ccccc2)c1. The van der Waals surface area contributed by atoms with E-state index in [1.165, 1.54) is 12.1 Å². The molecule has 0 unspecified atom stereocenters. The van der Waals surface area contributed by atoms with Crippen LogP contribution in [0.25, 0.3) is 11.1 Å². The third-order valence-corrected chi connectivity index (χ3v) is 3.44. The first kappa shape index (κ1) is 14.9. The van der Waals surface area contributed by atoms with Crippen molar-refractivity contribution in [2.24, 2.45) is 0 Å². The average Bonchev–Trinajstić information content (AvgIpc) is 2.61. The molecule has 23 heavy (non-hydrogen) atoms. The second-order valence-corrected chi connectivity index (χ2v) is 5.14. The smallest absolute Gasteiger partial charge is 0.251 e. The minimum atomic E-state index is -0.433. The molecular formula is C19H15FN2O. The molecule has 2 aromatic carbocycles. The first-order valence-electron chi connectivity index (χ1n) is 7.25. The summed E-state index contributed by atoms with van der Waals surface area (Å²) in [7, 11) is 0. The third-order valence-electron chi connectivity index (χ3n) is 3.44. The Labute approximate surface area is 133 Å². The zero-order valence-electron chi connectivity index (χ0n) is 12.4. The summed E-state index contributed by atoms with van der Waals surface area (Å²) < 4.78 is 13.8. The maximum absolute atomic E-state index is 13.8. The van der Waals surface area contributed by atoms with E-state index in [1.54, 1.807) is 24.5 Å². The van der Waals surface area contributed by atoms with Crippen LogP contribution >= 0.6 is 0 Å². The minimum absolute atomic E-state index is 0.299. The molecule has 1 heterocycles. The molecule has 3 aromatic rings. The van der Waals surface area contributed by atoms with Crippen molar-refractivity contribution in [3.8, 4) is 11.1 Å². The van der Waals surface area contributed by atoms with Crippen molar-refractivity contribution < 1.29 is 9.18 Å². The fourth-order valence-corrected chi connectivity index (χ4v) is 2.31. The van der Waals surface area contributed by atoms with E-state index in [1.807, 2.05) is 36.4 Å². The lowest BCUT2D eigenvalue weighted by Crippen LogP contribution is -2.23. The van der Waals surface area contributed by atoms with Crippen molar-refractivity contribution in [2.45, 2.75) is 6.54 Å². The summed E-state index contributed by atoms with van der Waals surface area (Å²) in [5, 5.41) is 2.78. The number of halogens is 1. The predicted octanol–water partition coefficient (Wildman–Crippen LogP) is 3.82. The van der Waals surface area contributed by atoms with Crippen molar-refractivity contribution >= 4 is 5.91 Å². The van der Waals surface area contributed by atoms with Gasteiger partial charge in [0, 0.05) is 24.5 Å². The maximum atomic E-state index is 13.8. The Morgan fingerprint density at radius 2 is 1.83 bits per heavy atom. The maximum Gasteiger partial charge on any atom is 0.251 e. The minimum Gasteiger partial charge on any atom is -0.348 e. The van der Waals surface area contributed by atoms with Gasteiger partial charge in [0.1, 0.15) is 5.82 Å². The van der Waals surface area contributed by atoms with Crippen LogP contribution in [0.15, 0.2) is 73.1 Å². The van der Waals surface area contributed by atoms with Gasteiger partial charge in [-0.1, -0.05) is 36.4 Å². The van der Waals surface area contributed by atoms with Crippen LogP contribution in [-0.4, -0.2) is 10.9 Å². The van der Waals surface area contributed by atoms with Crippen molar-refractivity contribution in [1.29, 1.82) is 0 Å². The van der Waals surface area contributed by atoms with Crippen LogP contribution in [0.1, 0.15) is 15.9 Å². The highest BCUT2D eigenvalue weighted by Gasteiger charge is 2.10. The van der Waals surface area contributed by atoms with Crippen molar-refractivity contribution in [3.63, 3.8) is 0 Å². The van der Waals surface area contributed by atoms with E-state index in [-0.39, 0.29) is 5.91 Å². The van der Waals surface area contributed by atoms with Crippen LogP contribution in [0, 0.1) is 5.82 Å². The monoisotopic (exact) mass is 306 g/mol. The summed E-state index contributed by atoms with van der Waals surface area (Å²) in [5.74, 6) is -0.747. The third kappa shape index (κ3) is 3.80. The van der Waals surface area contributed by atoms with Crippen LogP contribution in [-0.2, 0) is 6.54 Å². The van der Waals surface area contributed by atoms with Crippen molar-refractivity contribution in [2.75, 3.05) is 0 Å². The van der Waals surface area contributed by atoms with E-state index < -0.39 is 5.82 Å². The van der Waals surface area contributed by atoms with Crippen LogP contribution in [0.2, 0.25) is 0 Å². The predicted molar refractivity (Wildman–Crippen MR) is 87.2 cm³/mol. The van der Waals surface area contributed by atoms with Gasteiger partial charge in [-0.25, -0.2) is 4.39 Å². The van der Waals surface area contributed by atoms with Gasteiger partial charge in [-0.15, -0.1) is 0 Å². The first-order valence-corrected chi connectivity index (χ1v) is 7.25. The molecule has 0 spiro atoms. The molecule has 0 fully saturated rings. The van der Waals surface area contributed by atoms with E-state index in [0.717, 1.165) is 11.1 Å². The van der Waals surface area contributed by atoms with Gasteiger partial charge < -0.3 is 5.32 Å². The zero-order valence-corrected chi connectivity index (χ0v) is 12.4. The van der Waals surface area contributed by atoms with E-state index in [2.05, 4.69) is 10.3 Å². The number of nitrogens with one attached hydrogen (secondary N) is 1. The number of hydrogen-bond donors (Lipinski definition) is 1. The van der Waals surface area contributed by atoms with Crippen LogP contribution in [0.3, 0.4) is 0 Å². The van der Waals surface area contributed by atoms with E-state index >= 15 is 0 Å². The molecule has 4 heteroatoms. The summed E-state index contributed by atoms with van der Waals surface area (Å²) >= 11 is 0. The highest BCUT2D eigenvalue weighted by molar-refractivity contribution is 5.95. The Hall–Kier alpha value is -3.01. The number of pyridine rings is 1. The number of carbonyl (C=O) groups excluding carboxylic acids is 1. The van der Waals surface area contributed by atoms with Gasteiger partial charge >= 0.3 is 0 Å². The van der Waals surface area contributed by atoms with Crippen molar-refractivity contribution in [1.82, 2.24) is 10.3 Å². The Kier molecular flexibility index (Phi) is 4.43. The molecule has 0 atom stereocenters. The number of aromatic nitrogens is 1. The number of hydrogen-bond acceptors (Lipinski definition) is 2. The summed E-state index contributed by atoms with van der Waals surface area (Å²) in [5.41, 5.74) is 2.73. The fraction of sp³-hybridized carbons (Fsp3) is 0.0526. The molecule has 0 saturated heterocycles. The van der Waals surface area contributed by atoms with Gasteiger partial charge in [-0.2, -0.15) is 0 Å². The molecule has 3 nitrogen and oxygen atoms in total. The second-order valence-electron chi connectivity index (χ2n) is 5.14. The lowest BCUT2D eigenvalue weighted by Gasteiger charge is -2.08. The molecule has 114 valence electrons. The van der Waals surface area contributed by atoms with Gasteiger partial charge in [-0.05, 0) is 41.0 Å². The molecule has 0 aliphatic heterocycles. The zero-order chi connectivity index (χ0) is 16.1. The van der Waals surface area contributed by atoms with E-state index in [9.17, 15) is 9.18 Å². The lowest BCUT2D eigenvalue weighted by molar-refractivity contribution is 0.0950. The molecule has 0 aliphatic rings. The molecule has 1 aromatic heterocycles. The highest BCUT2D eigenvalue weighted by atomic mass is 19.1. The van der Waals surface area contributed by atoms with Gasteiger partial charge in [0.15, 0.2) is 0 Å². The van der Waals surface area contributed by atoms with E-state index in [0.29, 0.717) is 17.7 Å². The van der Waals surface area contributed by atoms with Gasteiger partial charge in [0.2, 0.25) is 0 Å². The number of rotatable bonds is 4. The van der Waals surface area contributed by atoms with Crippen LogP contribution in [0.4, 0.5) is 4.39 Å². The summed E-state index contributed by atoms with van der Waals surface area (Å²) in [6.07, 6.45) is 3.35. The van der Waals surface area contributed by atoms with Gasteiger partial charge in [0.05, 0.1) is 0 Å². The molecule has 0 bridgehead atoms. The topological polar surface area (TPSA) is 42.0 Å². The van der Waals surface area contributed by atoms with Crippen LogP contribution < -0.4 is 5.32 Å². The number of amides is 1. The second kappa shape index (κ2) is 6.83. The number of nitrogens with zero attached hydrogens (tertiary/aromatic N) is 1. The number of benzene rings is 2. The molecule has 1 N–H and O–H groups in total. The quantitative estimate of drug-likeness (QED) is 0.796. The fourth-order valence-electron chi connectivity index (χ4n) is 2.31. The molecule has 0 aliphatic carbocycles. The Balaban J connectivity index is 1.79. The normalized spacial score (nSPS) is 10.3. The van der Waals surface area contributed by atoms with E-state index in [4.69, 9.17) is 0 Å². The van der Waals surface area contributed by atoms with Gasteiger partial charge in [0.25, 0.3) is 5.91 Å². The first-order chi connectivity index (χ1) is 11.2. The lowest BCUT2D eigenvalue weighted by atomic mass is 10.0. The Bertz CT molecular complexity index is 804. The van der Waals surface area contributed by atoms with Gasteiger partial charge in [-0.3, -0.25) is 9.78 Å². The summed E-state index contributed by atoms with van der Waals surface area (Å²) in [4.78, 5) is 16.2. The standard InChI is InChI=1S/C19H15FN2O/c20-18-10-16(15-6-2-1-3-7-15)9-17(11-18)19(23)22-13-14-5-4-8-21-12-14/h1-12H,13H2,(H,22,23). The Morgan fingerprint density at radius 3 is 2.57 bits per heavy atom. The van der Waals surface area contributed by atoms with Crippen LogP contribution in [0.5, 0.6) is 0 Å². The largest absolute Gasteiger partial charge is 0.348 e. The van der Waals surface area contributed by atoms with Crippen molar-refractivity contribution in [3.05, 3.63) is 90.0 Å². The Morgan fingerprint density at radius 1 is 1.00 bits per heavy atom. The molecule has 0 radical (unpaired) electrons. The summed E-state index contributed by atoms with van der Waals surface area (Å²) in [6, 6.07) is 17.4. The highest BCUT2D eigenvalue weighted by Crippen LogP contribution is 2.21. The molecular weight excluding hydrogens is 291 g/mol. The molecule has 0 saturated carbocycles. The summed E-state index contributed by atoms with van der Waals surface area (Å²) in [6.45, 7) is 0.351. The molecule has 1 amide bonds. The average molecular weight is 306 g/mol.